The second-order valence-corrected chi connectivity index (χ2v) is 5.80. The van der Waals surface area contributed by atoms with Crippen LogP contribution in [0.15, 0.2) is 66.9 Å². The Morgan fingerprint density at radius 2 is 1.81 bits per heavy atom. The van der Waals surface area contributed by atoms with Gasteiger partial charge >= 0.3 is 0 Å². The number of para-hydroxylation sites is 2. The van der Waals surface area contributed by atoms with Crippen molar-refractivity contribution in [3.8, 4) is 5.75 Å². The lowest BCUT2D eigenvalue weighted by molar-refractivity contribution is 0.102. The number of aromatic nitrogens is 1. The Labute approximate surface area is 153 Å². The van der Waals surface area contributed by atoms with Gasteiger partial charge in [-0.05, 0) is 50.2 Å². The summed E-state index contributed by atoms with van der Waals surface area (Å²) in [5, 5.41) is 6.13. The predicted octanol–water partition coefficient (Wildman–Crippen LogP) is 4.78. The lowest BCUT2D eigenvalue weighted by Crippen LogP contribution is -2.13. The molecule has 2 N–H and O–H groups in total. The van der Waals surface area contributed by atoms with Crippen LogP contribution < -0.4 is 15.4 Å². The zero-order chi connectivity index (χ0) is 18.4. The van der Waals surface area contributed by atoms with Gasteiger partial charge in [0.05, 0.1) is 12.3 Å². The minimum Gasteiger partial charge on any atom is -0.492 e. The summed E-state index contributed by atoms with van der Waals surface area (Å²) in [4.78, 5) is 16.6. The molecule has 5 nitrogen and oxygen atoms in total. The third-order valence-electron chi connectivity index (χ3n) is 3.77. The van der Waals surface area contributed by atoms with Gasteiger partial charge in [-0.2, -0.15) is 0 Å². The summed E-state index contributed by atoms with van der Waals surface area (Å²) in [6.45, 7) is 4.53. The van der Waals surface area contributed by atoms with E-state index in [1.54, 1.807) is 12.3 Å². The van der Waals surface area contributed by atoms with Crippen LogP contribution in [0.4, 0.5) is 17.1 Å². The largest absolute Gasteiger partial charge is 0.492 e. The number of ether oxygens (including phenoxy) is 1. The number of carbonyl (C=O) groups excluding carboxylic acids is 1. The summed E-state index contributed by atoms with van der Waals surface area (Å²) >= 11 is 0. The van der Waals surface area contributed by atoms with E-state index in [9.17, 15) is 4.79 Å². The average molecular weight is 347 g/mol. The highest BCUT2D eigenvalue weighted by atomic mass is 16.5. The Morgan fingerprint density at radius 1 is 1.04 bits per heavy atom. The lowest BCUT2D eigenvalue weighted by Gasteiger charge is -2.12. The molecule has 1 amide bonds. The number of carbonyl (C=O) groups is 1. The normalized spacial score (nSPS) is 10.2. The molecule has 3 aromatic rings. The Kier molecular flexibility index (Phi) is 5.49. The van der Waals surface area contributed by atoms with Crippen LogP contribution in [0.5, 0.6) is 5.75 Å². The van der Waals surface area contributed by atoms with Crippen LogP contribution >= 0.6 is 0 Å². The van der Waals surface area contributed by atoms with Crippen LogP contribution in [0.25, 0.3) is 0 Å². The van der Waals surface area contributed by atoms with Crippen LogP contribution in [-0.2, 0) is 0 Å². The van der Waals surface area contributed by atoms with E-state index in [-0.39, 0.29) is 5.91 Å². The van der Waals surface area contributed by atoms with Crippen molar-refractivity contribution in [2.45, 2.75) is 13.8 Å². The van der Waals surface area contributed by atoms with E-state index in [1.807, 2.05) is 68.4 Å². The smallest absolute Gasteiger partial charge is 0.274 e. The number of nitrogens with zero attached hydrogens (tertiary/aromatic N) is 1. The van der Waals surface area contributed by atoms with Crippen LogP contribution in [0.2, 0.25) is 0 Å². The Balaban J connectivity index is 1.76. The maximum Gasteiger partial charge on any atom is 0.274 e. The molecule has 0 fully saturated rings. The van der Waals surface area contributed by atoms with Gasteiger partial charge in [0.15, 0.2) is 0 Å². The Morgan fingerprint density at radius 3 is 2.58 bits per heavy atom. The van der Waals surface area contributed by atoms with Crippen LogP contribution in [-0.4, -0.2) is 17.5 Å². The molecular weight excluding hydrogens is 326 g/mol. The summed E-state index contributed by atoms with van der Waals surface area (Å²) in [6.07, 6.45) is 1.61. The highest BCUT2D eigenvalue weighted by Crippen LogP contribution is 2.27. The SMILES string of the molecule is CCOc1ccccc1Nc1ccnc(C(=O)Nc2ccc(C)cc2)c1. The number of nitrogens with one attached hydrogen (secondary N) is 2. The fourth-order valence-corrected chi connectivity index (χ4v) is 2.47. The molecule has 0 aliphatic rings. The molecule has 0 saturated carbocycles. The summed E-state index contributed by atoms with van der Waals surface area (Å²) in [5.41, 5.74) is 3.82. The van der Waals surface area contributed by atoms with Gasteiger partial charge in [-0.15, -0.1) is 0 Å². The van der Waals surface area contributed by atoms with Crippen molar-refractivity contribution in [2.24, 2.45) is 0 Å². The van der Waals surface area contributed by atoms with Crippen molar-refractivity contribution in [2.75, 3.05) is 17.2 Å². The third-order valence-corrected chi connectivity index (χ3v) is 3.77. The van der Waals surface area contributed by atoms with Crippen molar-refractivity contribution in [3.63, 3.8) is 0 Å². The highest BCUT2D eigenvalue weighted by Gasteiger charge is 2.10. The number of amides is 1. The van der Waals surface area contributed by atoms with Crippen molar-refractivity contribution >= 4 is 23.0 Å². The molecule has 0 unspecified atom stereocenters. The zero-order valence-corrected chi connectivity index (χ0v) is 14.8. The molecule has 0 spiro atoms. The quantitative estimate of drug-likeness (QED) is 0.673. The molecular formula is C21H21N3O2. The van der Waals surface area contributed by atoms with Gasteiger partial charge in [0, 0.05) is 17.6 Å². The van der Waals surface area contributed by atoms with Gasteiger partial charge in [-0.25, -0.2) is 0 Å². The molecule has 0 saturated heterocycles. The molecule has 26 heavy (non-hydrogen) atoms. The van der Waals surface area contributed by atoms with Gasteiger partial charge < -0.3 is 15.4 Å². The van der Waals surface area contributed by atoms with E-state index < -0.39 is 0 Å². The van der Waals surface area contributed by atoms with E-state index in [4.69, 9.17) is 4.74 Å². The van der Waals surface area contributed by atoms with Gasteiger partial charge in [-0.1, -0.05) is 29.8 Å². The number of pyridine rings is 1. The maximum absolute atomic E-state index is 12.4. The summed E-state index contributed by atoms with van der Waals surface area (Å²) < 4.78 is 5.62. The number of aryl methyl sites for hydroxylation is 1. The Bertz CT molecular complexity index is 892. The molecule has 5 heteroatoms. The molecule has 0 aliphatic heterocycles. The van der Waals surface area contributed by atoms with Crippen LogP contribution in [0.1, 0.15) is 23.0 Å². The topological polar surface area (TPSA) is 63.2 Å². The van der Waals surface area contributed by atoms with Crippen molar-refractivity contribution in [3.05, 3.63) is 78.1 Å². The number of benzene rings is 2. The van der Waals surface area contributed by atoms with Gasteiger partial charge in [0.1, 0.15) is 11.4 Å². The summed E-state index contributed by atoms with van der Waals surface area (Å²) in [6, 6.07) is 18.8. The van der Waals surface area contributed by atoms with Crippen LogP contribution in [0.3, 0.4) is 0 Å². The Hall–Kier alpha value is -3.34. The molecule has 3 rings (SSSR count). The molecule has 0 bridgehead atoms. The number of rotatable bonds is 6. The predicted molar refractivity (Wildman–Crippen MR) is 104 cm³/mol. The van der Waals surface area contributed by atoms with Gasteiger partial charge in [-0.3, -0.25) is 9.78 Å². The minimum absolute atomic E-state index is 0.254. The van der Waals surface area contributed by atoms with Gasteiger partial charge in [0.2, 0.25) is 0 Å². The molecule has 0 aliphatic carbocycles. The van der Waals surface area contributed by atoms with E-state index in [0.717, 1.165) is 28.4 Å². The standard InChI is InChI=1S/C21H21N3O2/c1-3-26-20-7-5-4-6-18(20)23-17-12-13-22-19(14-17)21(25)24-16-10-8-15(2)9-11-16/h4-14H,3H2,1-2H3,(H,22,23)(H,24,25). The highest BCUT2D eigenvalue weighted by molar-refractivity contribution is 6.03. The average Bonchev–Trinajstić information content (AvgIpc) is 2.66. The number of anilines is 3. The molecule has 2 aromatic carbocycles. The van der Waals surface area contributed by atoms with Gasteiger partial charge in [0.25, 0.3) is 5.91 Å². The first kappa shape index (κ1) is 17.5. The maximum atomic E-state index is 12.4. The molecule has 0 radical (unpaired) electrons. The minimum atomic E-state index is -0.254. The second-order valence-electron chi connectivity index (χ2n) is 5.80. The summed E-state index contributed by atoms with van der Waals surface area (Å²) in [5.74, 6) is 0.507. The molecule has 1 heterocycles. The zero-order valence-electron chi connectivity index (χ0n) is 14.8. The first-order valence-corrected chi connectivity index (χ1v) is 8.48. The fourth-order valence-electron chi connectivity index (χ4n) is 2.47. The first-order chi connectivity index (χ1) is 12.7. The van der Waals surface area contributed by atoms with E-state index >= 15 is 0 Å². The van der Waals surface area contributed by atoms with E-state index in [0.29, 0.717) is 12.3 Å². The molecule has 1 aromatic heterocycles. The number of hydrogen-bond acceptors (Lipinski definition) is 4. The van der Waals surface area contributed by atoms with Crippen molar-refractivity contribution in [1.29, 1.82) is 0 Å². The van der Waals surface area contributed by atoms with Crippen LogP contribution in [0, 0.1) is 6.92 Å². The first-order valence-electron chi connectivity index (χ1n) is 8.48. The fraction of sp³-hybridized carbons (Fsp3) is 0.143. The summed E-state index contributed by atoms with van der Waals surface area (Å²) in [7, 11) is 0. The molecule has 132 valence electrons. The van der Waals surface area contributed by atoms with E-state index in [1.165, 1.54) is 0 Å². The van der Waals surface area contributed by atoms with Crippen molar-refractivity contribution < 1.29 is 9.53 Å². The molecule has 0 atom stereocenters. The third kappa shape index (κ3) is 4.39. The second kappa shape index (κ2) is 8.16. The van der Waals surface area contributed by atoms with Crippen molar-refractivity contribution in [1.82, 2.24) is 4.98 Å². The number of hydrogen-bond donors (Lipinski definition) is 2. The lowest BCUT2D eigenvalue weighted by atomic mass is 10.2. The van der Waals surface area contributed by atoms with E-state index in [2.05, 4.69) is 15.6 Å². The monoisotopic (exact) mass is 347 g/mol.